The lowest BCUT2D eigenvalue weighted by molar-refractivity contribution is -0.141. The molecule has 1 aliphatic rings. The number of nitrogens with one attached hydrogen (secondary N) is 1. The van der Waals surface area contributed by atoms with E-state index < -0.39 is 11.9 Å². The standard InChI is InChI=1S/C23H24ClFN4O4/c1-13(30)23(31)29-7-5-15(6-8-29)33-21-11-19-16(10-20(21)32-2)22(27-12-26-19)28-18-4-3-14(24)9-17(18)25/h3-4,9-13,15,30H,5-8H2,1-2H3,(H,26,27,28)/t13-/m1/s1. The van der Waals surface area contributed by atoms with E-state index in [4.69, 9.17) is 21.1 Å². The Morgan fingerprint density at radius 3 is 2.67 bits per heavy atom. The van der Waals surface area contributed by atoms with Gasteiger partial charge in [0.2, 0.25) is 0 Å². The van der Waals surface area contributed by atoms with Crippen LogP contribution < -0.4 is 14.8 Å². The van der Waals surface area contributed by atoms with E-state index >= 15 is 0 Å². The molecular formula is C23H24ClFN4O4. The molecule has 3 aromatic rings. The fourth-order valence-corrected chi connectivity index (χ4v) is 3.93. The van der Waals surface area contributed by atoms with E-state index in [1.807, 2.05) is 0 Å². The van der Waals surface area contributed by atoms with Crippen LogP contribution in [0.2, 0.25) is 5.02 Å². The van der Waals surface area contributed by atoms with Crippen LogP contribution in [0.3, 0.4) is 0 Å². The first kappa shape index (κ1) is 23.0. The van der Waals surface area contributed by atoms with Crippen LogP contribution in [0.15, 0.2) is 36.7 Å². The third-order valence-corrected chi connectivity index (χ3v) is 5.74. The highest BCUT2D eigenvalue weighted by molar-refractivity contribution is 6.30. The van der Waals surface area contributed by atoms with Crippen molar-refractivity contribution in [3.63, 3.8) is 0 Å². The molecule has 0 aliphatic carbocycles. The maximum atomic E-state index is 14.3. The van der Waals surface area contributed by atoms with E-state index in [0.717, 1.165) is 0 Å². The van der Waals surface area contributed by atoms with Gasteiger partial charge in [-0.15, -0.1) is 0 Å². The molecule has 4 rings (SSSR count). The van der Waals surface area contributed by atoms with Gasteiger partial charge in [0.15, 0.2) is 11.5 Å². The van der Waals surface area contributed by atoms with Crippen molar-refractivity contribution in [2.24, 2.45) is 0 Å². The molecule has 1 atom stereocenters. The van der Waals surface area contributed by atoms with Gasteiger partial charge in [-0.05, 0) is 31.2 Å². The Hall–Kier alpha value is -3.17. The number of hydrogen-bond acceptors (Lipinski definition) is 7. The Bertz CT molecular complexity index is 1170. The summed E-state index contributed by atoms with van der Waals surface area (Å²) in [5.74, 6) is 0.648. The predicted octanol–water partition coefficient (Wildman–Crippen LogP) is 3.93. The van der Waals surface area contributed by atoms with Gasteiger partial charge in [-0.3, -0.25) is 4.79 Å². The third kappa shape index (κ3) is 5.09. The zero-order chi connectivity index (χ0) is 23.5. The lowest BCUT2D eigenvalue weighted by Crippen LogP contribution is -2.45. The van der Waals surface area contributed by atoms with Crippen LogP contribution in [0.5, 0.6) is 11.5 Å². The normalized spacial score (nSPS) is 15.4. The fraction of sp³-hybridized carbons (Fsp3) is 0.348. The Morgan fingerprint density at radius 2 is 2.00 bits per heavy atom. The number of aliphatic hydroxyl groups is 1. The maximum absolute atomic E-state index is 14.3. The number of benzene rings is 2. The van der Waals surface area contributed by atoms with Crippen LogP contribution in [0.25, 0.3) is 10.9 Å². The first-order valence-corrected chi connectivity index (χ1v) is 10.9. The quantitative estimate of drug-likeness (QED) is 0.558. The van der Waals surface area contributed by atoms with Gasteiger partial charge in [0.1, 0.15) is 30.2 Å². The number of rotatable bonds is 6. The second kappa shape index (κ2) is 9.76. The minimum absolute atomic E-state index is 0.114. The second-order valence-corrected chi connectivity index (χ2v) is 8.25. The van der Waals surface area contributed by atoms with Crippen LogP contribution >= 0.6 is 11.6 Å². The number of fused-ring (bicyclic) bond motifs is 1. The maximum Gasteiger partial charge on any atom is 0.251 e. The zero-order valence-electron chi connectivity index (χ0n) is 18.2. The predicted molar refractivity (Wildman–Crippen MR) is 123 cm³/mol. The van der Waals surface area contributed by atoms with E-state index in [0.29, 0.717) is 59.2 Å². The Kier molecular flexibility index (Phi) is 6.80. The van der Waals surface area contributed by atoms with Gasteiger partial charge in [-0.25, -0.2) is 14.4 Å². The zero-order valence-corrected chi connectivity index (χ0v) is 19.0. The average molecular weight is 475 g/mol. The molecule has 1 saturated heterocycles. The number of ether oxygens (including phenoxy) is 2. The van der Waals surface area contributed by atoms with Crippen LogP contribution in [0, 0.1) is 5.82 Å². The SMILES string of the molecule is COc1cc2c(Nc3ccc(Cl)cc3F)ncnc2cc1OC1CCN(C(=O)[C@@H](C)O)CC1. The molecule has 1 aliphatic heterocycles. The summed E-state index contributed by atoms with van der Waals surface area (Å²) in [5.41, 5.74) is 0.830. The molecular weight excluding hydrogens is 451 g/mol. The van der Waals surface area contributed by atoms with E-state index in [9.17, 15) is 14.3 Å². The molecule has 174 valence electrons. The topological polar surface area (TPSA) is 96.8 Å². The van der Waals surface area contributed by atoms with Gasteiger partial charge in [-0.1, -0.05) is 11.6 Å². The number of halogens is 2. The van der Waals surface area contributed by atoms with E-state index in [-0.39, 0.29) is 17.7 Å². The number of methoxy groups -OCH3 is 1. The summed E-state index contributed by atoms with van der Waals surface area (Å²) in [7, 11) is 1.54. The molecule has 0 unspecified atom stereocenters. The summed E-state index contributed by atoms with van der Waals surface area (Å²) < 4.78 is 26.0. The highest BCUT2D eigenvalue weighted by Crippen LogP contribution is 2.36. The minimum atomic E-state index is -1.01. The van der Waals surface area contributed by atoms with Crippen molar-refractivity contribution in [1.29, 1.82) is 0 Å². The minimum Gasteiger partial charge on any atom is -0.493 e. The van der Waals surface area contributed by atoms with Crippen molar-refractivity contribution in [3.05, 3.63) is 47.5 Å². The number of nitrogens with zero attached hydrogens (tertiary/aromatic N) is 3. The number of likely N-dealkylation sites (tertiary alicyclic amines) is 1. The van der Waals surface area contributed by atoms with Crippen molar-refractivity contribution < 1.29 is 23.8 Å². The molecule has 2 heterocycles. The van der Waals surface area contributed by atoms with Crippen molar-refractivity contribution in [3.8, 4) is 11.5 Å². The lowest BCUT2D eigenvalue weighted by atomic mass is 10.1. The molecule has 1 aromatic heterocycles. The van der Waals surface area contributed by atoms with E-state index in [2.05, 4.69) is 15.3 Å². The Balaban J connectivity index is 1.55. The summed E-state index contributed by atoms with van der Waals surface area (Å²) >= 11 is 5.83. The van der Waals surface area contributed by atoms with E-state index in [1.165, 1.54) is 32.5 Å². The number of piperidine rings is 1. The largest absolute Gasteiger partial charge is 0.493 e. The molecule has 8 nitrogen and oxygen atoms in total. The Labute approximate surface area is 195 Å². The van der Waals surface area contributed by atoms with E-state index in [1.54, 1.807) is 23.1 Å². The van der Waals surface area contributed by atoms with Crippen LogP contribution in [-0.4, -0.2) is 58.3 Å². The summed E-state index contributed by atoms with van der Waals surface area (Å²) in [5, 5.41) is 13.4. The molecule has 10 heteroatoms. The molecule has 1 amide bonds. The average Bonchev–Trinajstić information content (AvgIpc) is 2.80. The number of aromatic nitrogens is 2. The molecule has 0 radical (unpaired) electrons. The highest BCUT2D eigenvalue weighted by Gasteiger charge is 2.27. The second-order valence-electron chi connectivity index (χ2n) is 7.81. The van der Waals surface area contributed by atoms with Crippen molar-refractivity contribution in [1.82, 2.24) is 14.9 Å². The smallest absolute Gasteiger partial charge is 0.251 e. The first-order chi connectivity index (χ1) is 15.9. The summed E-state index contributed by atoms with van der Waals surface area (Å²) in [6.45, 7) is 2.48. The molecule has 2 aromatic carbocycles. The molecule has 1 fully saturated rings. The van der Waals surface area contributed by atoms with Crippen LogP contribution in [-0.2, 0) is 4.79 Å². The van der Waals surface area contributed by atoms with Crippen LogP contribution in [0.1, 0.15) is 19.8 Å². The van der Waals surface area contributed by atoms with Gasteiger partial charge < -0.3 is 24.8 Å². The highest BCUT2D eigenvalue weighted by atomic mass is 35.5. The summed E-state index contributed by atoms with van der Waals surface area (Å²) in [4.78, 5) is 22.2. The van der Waals surface area contributed by atoms with Crippen molar-refractivity contribution >= 4 is 39.9 Å². The van der Waals surface area contributed by atoms with Gasteiger partial charge in [0.25, 0.3) is 5.91 Å². The summed E-state index contributed by atoms with van der Waals surface area (Å²) in [6, 6.07) is 7.84. The molecule has 33 heavy (non-hydrogen) atoms. The third-order valence-electron chi connectivity index (χ3n) is 5.51. The molecule has 0 saturated carbocycles. The lowest BCUT2D eigenvalue weighted by Gasteiger charge is -2.33. The fourth-order valence-electron chi connectivity index (χ4n) is 3.77. The first-order valence-electron chi connectivity index (χ1n) is 10.5. The van der Waals surface area contributed by atoms with Gasteiger partial charge in [-0.2, -0.15) is 0 Å². The monoisotopic (exact) mass is 474 g/mol. The van der Waals surface area contributed by atoms with Gasteiger partial charge in [0, 0.05) is 42.4 Å². The number of carbonyl (C=O) groups is 1. The number of anilines is 2. The van der Waals surface area contributed by atoms with Crippen LogP contribution in [0.4, 0.5) is 15.9 Å². The van der Waals surface area contributed by atoms with Crippen molar-refractivity contribution in [2.75, 3.05) is 25.5 Å². The Morgan fingerprint density at radius 1 is 1.24 bits per heavy atom. The number of aliphatic hydroxyl groups excluding tert-OH is 1. The molecule has 0 spiro atoms. The van der Waals surface area contributed by atoms with Gasteiger partial charge >= 0.3 is 0 Å². The van der Waals surface area contributed by atoms with Gasteiger partial charge in [0.05, 0.1) is 18.3 Å². The number of carbonyl (C=O) groups excluding carboxylic acids is 1. The molecule has 2 N–H and O–H groups in total. The number of amides is 1. The number of hydrogen-bond donors (Lipinski definition) is 2. The van der Waals surface area contributed by atoms with Crippen molar-refractivity contribution in [2.45, 2.75) is 32.0 Å². The molecule has 0 bridgehead atoms. The summed E-state index contributed by atoms with van der Waals surface area (Å²) in [6.07, 6.45) is 1.52.